The van der Waals surface area contributed by atoms with Gasteiger partial charge in [-0.2, -0.15) is 0 Å². The van der Waals surface area contributed by atoms with E-state index >= 15 is 0 Å². The molecule has 0 atom stereocenters. The van der Waals surface area contributed by atoms with Gasteiger partial charge >= 0.3 is 0 Å². The molecule has 3 N–H and O–H groups in total. The van der Waals surface area contributed by atoms with Crippen LogP contribution >= 0.6 is 15.9 Å². The molecular formula is C13H21BrFN3. The first kappa shape index (κ1) is 15.2. The zero-order chi connectivity index (χ0) is 13.5. The van der Waals surface area contributed by atoms with E-state index in [9.17, 15) is 4.39 Å². The molecule has 3 nitrogen and oxygen atoms in total. The molecule has 0 aliphatic carbocycles. The molecule has 0 spiro atoms. The first-order valence-corrected chi connectivity index (χ1v) is 7.08. The number of nitrogens with two attached hydrogens (primary N) is 1. The standard InChI is InChI=1S/C13H21BrFN3/c1-3-6-18(4-2)7-5-17-13-9-11(15)10(14)8-12(13)16/h8-9,17H,3-7,16H2,1-2H3. The van der Waals surface area contributed by atoms with E-state index < -0.39 is 0 Å². The second-order valence-corrected chi connectivity index (χ2v) is 5.07. The molecule has 1 aromatic rings. The predicted molar refractivity (Wildman–Crippen MR) is 79.4 cm³/mol. The van der Waals surface area contributed by atoms with E-state index in [4.69, 9.17) is 5.73 Å². The Labute approximate surface area is 117 Å². The third-order valence-electron chi connectivity index (χ3n) is 2.82. The molecule has 0 aliphatic heterocycles. The Hall–Kier alpha value is -0.810. The van der Waals surface area contributed by atoms with Crippen LogP contribution in [0, 0.1) is 5.82 Å². The van der Waals surface area contributed by atoms with E-state index in [2.05, 4.69) is 40.0 Å². The van der Waals surface area contributed by atoms with Crippen LogP contribution in [0.15, 0.2) is 16.6 Å². The van der Waals surface area contributed by atoms with Crippen molar-refractivity contribution in [1.82, 2.24) is 4.90 Å². The molecule has 0 bridgehead atoms. The average Bonchev–Trinajstić information content (AvgIpc) is 2.34. The van der Waals surface area contributed by atoms with Gasteiger partial charge in [-0.3, -0.25) is 0 Å². The number of nitrogen functional groups attached to an aromatic ring is 1. The van der Waals surface area contributed by atoms with Crippen LogP contribution in [0.2, 0.25) is 0 Å². The molecule has 1 aromatic carbocycles. The molecule has 5 heteroatoms. The highest BCUT2D eigenvalue weighted by Gasteiger charge is 2.06. The maximum absolute atomic E-state index is 13.4. The molecule has 1 rings (SSSR count). The third kappa shape index (κ3) is 4.46. The summed E-state index contributed by atoms with van der Waals surface area (Å²) in [5.41, 5.74) is 7.04. The lowest BCUT2D eigenvalue weighted by Crippen LogP contribution is -2.29. The van der Waals surface area contributed by atoms with Crippen molar-refractivity contribution < 1.29 is 4.39 Å². The molecule has 0 amide bonds. The first-order chi connectivity index (χ1) is 8.58. The predicted octanol–water partition coefficient (Wildman–Crippen LogP) is 3.31. The first-order valence-electron chi connectivity index (χ1n) is 6.29. The van der Waals surface area contributed by atoms with Gasteiger partial charge in [-0.15, -0.1) is 0 Å². The fourth-order valence-corrected chi connectivity index (χ4v) is 2.17. The normalized spacial score (nSPS) is 10.9. The van der Waals surface area contributed by atoms with Gasteiger partial charge < -0.3 is 16.0 Å². The SMILES string of the molecule is CCCN(CC)CCNc1cc(F)c(Br)cc1N. The molecule has 0 fully saturated rings. The van der Waals surface area contributed by atoms with Crippen LogP contribution in [-0.2, 0) is 0 Å². The van der Waals surface area contributed by atoms with Crippen molar-refractivity contribution in [2.75, 3.05) is 37.2 Å². The molecular weight excluding hydrogens is 297 g/mol. The lowest BCUT2D eigenvalue weighted by molar-refractivity contribution is 0.300. The number of likely N-dealkylation sites (N-methyl/N-ethyl adjacent to an activating group) is 1. The van der Waals surface area contributed by atoms with Gasteiger partial charge in [0, 0.05) is 19.2 Å². The quantitative estimate of drug-likeness (QED) is 0.758. The molecule has 0 heterocycles. The van der Waals surface area contributed by atoms with Gasteiger partial charge in [-0.1, -0.05) is 13.8 Å². The van der Waals surface area contributed by atoms with Gasteiger partial charge in [0.2, 0.25) is 0 Å². The Morgan fingerprint density at radius 1 is 1.33 bits per heavy atom. The Kier molecular flexibility index (Phi) is 6.43. The van der Waals surface area contributed by atoms with Crippen LogP contribution in [0.5, 0.6) is 0 Å². The van der Waals surface area contributed by atoms with E-state index in [1.165, 1.54) is 6.07 Å². The van der Waals surface area contributed by atoms with Crippen LogP contribution in [0.3, 0.4) is 0 Å². The largest absolute Gasteiger partial charge is 0.397 e. The van der Waals surface area contributed by atoms with Crippen molar-refractivity contribution in [3.05, 3.63) is 22.4 Å². The molecule has 0 radical (unpaired) electrons. The number of nitrogens with one attached hydrogen (secondary N) is 1. The molecule has 0 unspecified atom stereocenters. The molecule has 0 aromatic heterocycles. The Balaban J connectivity index is 2.51. The molecule has 0 saturated carbocycles. The molecule has 0 aliphatic rings. The Morgan fingerprint density at radius 3 is 2.67 bits per heavy atom. The van der Waals surface area contributed by atoms with Gasteiger partial charge in [0.25, 0.3) is 0 Å². The van der Waals surface area contributed by atoms with E-state index in [0.717, 1.165) is 32.6 Å². The zero-order valence-corrected chi connectivity index (χ0v) is 12.6. The van der Waals surface area contributed by atoms with Gasteiger partial charge in [0.05, 0.1) is 15.8 Å². The van der Waals surface area contributed by atoms with Crippen molar-refractivity contribution in [3.63, 3.8) is 0 Å². The summed E-state index contributed by atoms with van der Waals surface area (Å²) in [5.74, 6) is -0.299. The molecule has 0 saturated heterocycles. The lowest BCUT2D eigenvalue weighted by Gasteiger charge is -2.20. The maximum Gasteiger partial charge on any atom is 0.139 e. The number of anilines is 2. The fourth-order valence-electron chi connectivity index (χ4n) is 1.81. The van der Waals surface area contributed by atoms with Crippen molar-refractivity contribution in [2.45, 2.75) is 20.3 Å². The van der Waals surface area contributed by atoms with Crippen molar-refractivity contribution in [3.8, 4) is 0 Å². The van der Waals surface area contributed by atoms with E-state index in [0.29, 0.717) is 15.8 Å². The highest BCUT2D eigenvalue weighted by atomic mass is 79.9. The van der Waals surface area contributed by atoms with Crippen LogP contribution in [0.25, 0.3) is 0 Å². The van der Waals surface area contributed by atoms with Crippen LogP contribution in [0.4, 0.5) is 15.8 Å². The van der Waals surface area contributed by atoms with Crippen LogP contribution in [-0.4, -0.2) is 31.1 Å². The smallest absolute Gasteiger partial charge is 0.139 e. The Morgan fingerprint density at radius 2 is 2.06 bits per heavy atom. The summed E-state index contributed by atoms with van der Waals surface area (Å²) in [5, 5.41) is 3.18. The van der Waals surface area contributed by atoms with Crippen LogP contribution in [0.1, 0.15) is 20.3 Å². The monoisotopic (exact) mass is 317 g/mol. The minimum Gasteiger partial charge on any atom is -0.397 e. The number of nitrogens with zero attached hydrogens (tertiary/aromatic N) is 1. The minimum atomic E-state index is -0.299. The zero-order valence-electron chi connectivity index (χ0n) is 11.0. The summed E-state index contributed by atoms with van der Waals surface area (Å²) in [4.78, 5) is 2.35. The van der Waals surface area contributed by atoms with Gasteiger partial charge in [-0.25, -0.2) is 4.39 Å². The number of hydrogen-bond acceptors (Lipinski definition) is 3. The number of halogens is 2. The maximum atomic E-state index is 13.4. The van der Waals surface area contributed by atoms with Crippen molar-refractivity contribution in [2.24, 2.45) is 0 Å². The minimum absolute atomic E-state index is 0.299. The summed E-state index contributed by atoms with van der Waals surface area (Å²) >= 11 is 3.11. The molecule has 102 valence electrons. The van der Waals surface area contributed by atoms with Gasteiger partial charge in [-0.05, 0) is 41.5 Å². The van der Waals surface area contributed by atoms with E-state index in [1.807, 2.05) is 0 Å². The lowest BCUT2D eigenvalue weighted by atomic mass is 10.2. The van der Waals surface area contributed by atoms with Gasteiger partial charge in [0.15, 0.2) is 0 Å². The number of rotatable bonds is 7. The van der Waals surface area contributed by atoms with Crippen molar-refractivity contribution in [1.29, 1.82) is 0 Å². The summed E-state index contributed by atoms with van der Waals surface area (Å²) in [7, 11) is 0. The second-order valence-electron chi connectivity index (χ2n) is 4.21. The summed E-state index contributed by atoms with van der Waals surface area (Å²) in [6, 6.07) is 3.01. The Bertz CT molecular complexity index is 385. The summed E-state index contributed by atoms with van der Waals surface area (Å²) in [6.45, 7) is 8.12. The number of hydrogen-bond donors (Lipinski definition) is 2. The van der Waals surface area contributed by atoms with E-state index in [1.54, 1.807) is 6.07 Å². The highest BCUT2D eigenvalue weighted by Crippen LogP contribution is 2.26. The second kappa shape index (κ2) is 7.59. The fraction of sp³-hybridized carbons (Fsp3) is 0.538. The average molecular weight is 318 g/mol. The van der Waals surface area contributed by atoms with Crippen molar-refractivity contribution >= 4 is 27.3 Å². The summed E-state index contributed by atoms with van der Waals surface area (Å²) < 4.78 is 13.8. The highest BCUT2D eigenvalue weighted by molar-refractivity contribution is 9.10. The van der Waals surface area contributed by atoms with Gasteiger partial charge in [0.1, 0.15) is 5.82 Å². The van der Waals surface area contributed by atoms with E-state index in [-0.39, 0.29) is 5.82 Å². The molecule has 18 heavy (non-hydrogen) atoms. The number of benzene rings is 1. The topological polar surface area (TPSA) is 41.3 Å². The summed E-state index contributed by atoms with van der Waals surface area (Å²) in [6.07, 6.45) is 1.14. The van der Waals surface area contributed by atoms with Crippen LogP contribution < -0.4 is 11.1 Å². The third-order valence-corrected chi connectivity index (χ3v) is 3.43.